The molecule has 11 heavy (non-hydrogen) atoms. The highest BCUT2D eigenvalue weighted by Crippen LogP contribution is 2.30. The van der Waals surface area contributed by atoms with Gasteiger partial charge in [0.05, 0.1) is 6.10 Å². The van der Waals surface area contributed by atoms with Crippen LogP contribution >= 0.6 is 0 Å². The van der Waals surface area contributed by atoms with Gasteiger partial charge in [0.1, 0.15) is 0 Å². The largest absolute Gasteiger partial charge is 0.393 e. The first-order chi connectivity index (χ1) is 5.38. The Hall–Kier alpha value is -0.0800. The highest BCUT2D eigenvalue weighted by molar-refractivity contribution is 4.89. The maximum atomic E-state index is 9.66. The SMILES string of the molecule is O[C@@H]1CCN[C@H]2CCCC[C@@H]12. The summed E-state index contributed by atoms with van der Waals surface area (Å²) in [6.45, 7) is 1.02. The predicted octanol–water partition coefficient (Wildman–Crippen LogP) is 0.899. The van der Waals surface area contributed by atoms with Crippen LogP contribution in [0.2, 0.25) is 0 Å². The fourth-order valence-electron chi connectivity index (χ4n) is 2.50. The van der Waals surface area contributed by atoms with Crippen molar-refractivity contribution in [3.05, 3.63) is 0 Å². The van der Waals surface area contributed by atoms with Crippen LogP contribution in [0.15, 0.2) is 0 Å². The Kier molecular flexibility index (Phi) is 2.14. The Morgan fingerprint density at radius 3 is 2.73 bits per heavy atom. The lowest BCUT2D eigenvalue weighted by molar-refractivity contribution is 0.0317. The van der Waals surface area contributed by atoms with Gasteiger partial charge in [0.15, 0.2) is 0 Å². The monoisotopic (exact) mass is 155 g/mol. The van der Waals surface area contributed by atoms with E-state index in [2.05, 4.69) is 5.32 Å². The van der Waals surface area contributed by atoms with Gasteiger partial charge in [-0.1, -0.05) is 12.8 Å². The lowest BCUT2D eigenvalue weighted by Crippen LogP contribution is -2.49. The van der Waals surface area contributed by atoms with Crippen molar-refractivity contribution in [1.29, 1.82) is 0 Å². The first-order valence-electron chi connectivity index (χ1n) is 4.79. The van der Waals surface area contributed by atoms with E-state index in [9.17, 15) is 5.11 Å². The van der Waals surface area contributed by atoms with E-state index < -0.39 is 0 Å². The van der Waals surface area contributed by atoms with Crippen LogP contribution in [0.5, 0.6) is 0 Å². The summed E-state index contributed by atoms with van der Waals surface area (Å²) in [5.74, 6) is 0.567. The summed E-state index contributed by atoms with van der Waals surface area (Å²) in [5, 5.41) is 13.2. The normalized spacial score (nSPS) is 45.0. The second kappa shape index (κ2) is 3.11. The molecule has 2 fully saturated rings. The van der Waals surface area contributed by atoms with Crippen LogP contribution in [0.3, 0.4) is 0 Å². The zero-order chi connectivity index (χ0) is 7.68. The molecule has 2 rings (SSSR count). The number of aliphatic hydroxyl groups excluding tert-OH is 1. The third-order valence-electron chi connectivity index (χ3n) is 3.16. The Morgan fingerprint density at radius 1 is 1.09 bits per heavy atom. The molecule has 1 aliphatic carbocycles. The number of fused-ring (bicyclic) bond motifs is 1. The molecule has 0 aromatic carbocycles. The van der Waals surface area contributed by atoms with Crippen LogP contribution in [0.1, 0.15) is 32.1 Å². The van der Waals surface area contributed by atoms with Gasteiger partial charge in [-0.15, -0.1) is 0 Å². The molecule has 1 saturated carbocycles. The maximum absolute atomic E-state index is 9.66. The van der Waals surface area contributed by atoms with Gasteiger partial charge in [0.25, 0.3) is 0 Å². The number of hydrogen-bond donors (Lipinski definition) is 2. The van der Waals surface area contributed by atoms with Crippen molar-refractivity contribution in [2.75, 3.05) is 6.54 Å². The highest BCUT2D eigenvalue weighted by atomic mass is 16.3. The predicted molar refractivity (Wildman–Crippen MR) is 44.4 cm³/mol. The van der Waals surface area contributed by atoms with E-state index in [0.29, 0.717) is 12.0 Å². The Morgan fingerprint density at radius 2 is 1.91 bits per heavy atom. The van der Waals surface area contributed by atoms with Gasteiger partial charge in [-0.25, -0.2) is 0 Å². The van der Waals surface area contributed by atoms with Crippen molar-refractivity contribution >= 4 is 0 Å². The molecule has 0 aromatic rings. The maximum Gasteiger partial charge on any atom is 0.0595 e. The Balaban J connectivity index is 1.99. The second-order valence-electron chi connectivity index (χ2n) is 3.86. The molecule has 2 N–H and O–H groups in total. The molecule has 2 aliphatic rings. The van der Waals surface area contributed by atoms with Crippen LogP contribution in [-0.2, 0) is 0 Å². The molecule has 0 bridgehead atoms. The molecule has 0 unspecified atom stereocenters. The van der Waals surface area contributed by atoms with Crippen LogP contribution < -0.4 is 5.32 Å². The number of rotatable bonds is 0. The van der Waals surface area contributed by atoms with Crippen molar-refractivity contribution < 1.29 is 5.11 Å². The van der Waals surface area contributed by atoms with Gasteiger partial charge >= 0.3 is 0 Å². The van der Waals surface area contributed by atoms with Crippen molar-refractivity contribution in [2.24, 2.45) is 5.92 Å². The van der Waals surface area contributed by atoms with Crippen molar-refractivity contribution in [3.8, 4) is 0 Å². The molecule has 1 aliphatic heterocycles. The van der Waals surface area contributed by atoms with E-state index in [1.165, 1.54) is 25.7 Å². The topological polar surface area (TPSA) is 32.3 Å². The number of piperidine rings is 1. The van der Waals surface area contributed by atoms with Gasteiger partial charge in [0, 0.05) is 12.0 Å². The summed E-state index contributed by atoms with van der Waals surface area (Å²) in [7, 11) is 0. The van der Waals surface area contributed by atoms with Crippen molar-refractivity contribution in [2.45, 2.75) is 44.2 Å². The molecule has 0 aromatic heterocycles. The fraction of sp³-hybridized carbons (Fsp3) is 1.00. The summed E-state index contributed by atoms with van der Waals surface area (Å²) in [6, 6.07) is 0.632. The minimum Gasteiger partial charge on any atom is -0.393 e. The highest BCUT2D eigenvalue weighted by Gasteiger charge is 2.33. The zero-order valence-electron chi connectivity index (χ0n) is 6.92. The summed E-state index contributed by atoms with van der Waals surface area (Å²) in [4.78, 5) is 0. The summed E-state index contributed by atoms with van der Waals surface area (Å²) >= 11 is 0. The smallest absolute Gasteiger partial charge is 0.0595 e. The molecule has 2 heteroatoms. The first kappa shape index (κ1) is 7.56. The van der Waals surface area contributed by atoms with E-state index in [1.54, 1.807) is 0 Å². The van der Waals surface area contributed by atoms with Crippen molar-refractivity contribution in [3.63, 3.8) is 0 Å². The Bertz CT molecular complexity index is 136. The minimum atomic E-state index is -0.0125. The van der Waals surface area contributed by atoms with Gasteiger partial charge in [-0.2, -0.15) is 0 Å². The Labute approximate surface area is 68.0 Å². The van der Waals surface area contributed by atoms with Crippen LogP contribution in [0.4, 0.5) is 0 Å². The molecule has 2 nitrogen and oxygen atoms in total. The molecule has 0 radical (unpaired) electrons. The molecule has 0 amide bonds. The zero-order valence-corrected chi connectivity index (χ0v) is 6.92. The van der Waals surface area contributed by atoms with Gasteiger partial charge < -0.3 is 10.4 Å². The minimum absolute atomic E-state index is 0.0125. The van der Waals surface area contributed by atoms with Crippen molar-refractivity contribution in [1.82, 2.24) is 5.32 Å². The number of hydrogen-bond acceptors (Lipinski definition) is 2. The molecular formula is C9H17NO. The van der Waals surface area contributed by atoms with E-state index in [0.717, 1.165) is 13.0 Å². The molecule has 1 saturated heterocycles. The lowest BCUT2D eigenvalue weighted by Gasteiger charge is -2.39. The molecule has 0 spiro atoms. The average molecular weight is 155 g/mol. The van der Waals surface area contributed by atoms with E-state index in [-0.39, 0.29) is 6.10 Å². The summed E-state index contributed by atoms with van der Waals surface area (Å²) < 4.78 is 0. The second-order valence-corrected chi connectivity index (χ2v) is 3.86. The number of nitrogens with one attached hydrogen (secondary N) is 1. The van der Waals surface area contributed by atoms with Crippen LogP contribution in [0, 0.1) is 5.92 Å². The molecule has 3 atom stereocenters. The quantitative estimate of drug-likeness (QED) is 0.544. The van der Waals surface area contributed by atoms with E-state index in [1.807, 2.05) is 0 Å². The summed E-state index contributed by atoms with van der Waals surface area (Å²) in [5.41, 5.74) is 0. The molecule has 1 heterocycles. The third kappa shape index (κ3) is 1.42. The molecule has 64 valence electrons. The van der Waals surface area contributed by atoms with E-state index >= 15 is 0 Å². The van der Waals surface area contributed by atoms with Gasteiger partial charge in [0.2, 0.25) is 0 Å². The van der Waals surface area contributed by atoms with Gasteiger partial charge in [-0.3, -0.25) is 0 Å². The standard InChI is InChI=1S/C9H17NO/c11-9-5-6-10-8-4-2-1-3-7(8)9/h7-11H,1-6H2/t7-,8+,9-/m1/s1. The lowest BCUT2D eigenvalue weighted by atomic mass is 9.78. The van der Waals surface area contributed by atoms with Gasteiger partial charge in [-0.05, 0) is 25.8 Å². The fourth-order valence-corrected chi connectivity index (χ4v) is 2.50. The van der Waals surface area contributed by atoms with Crippen LogP contribution in [-0.4, -0.2) is 23.8 Å². The molecular weight excluding hydrogens is 138 g/mol. The summed E-state index contributed by atoms with van der Waals surface area (Å²) in [6.07, 6.45) is 6.13. The van der Waals surface area contributed by atoms with Crippen LogP contribution in [0.25, 0.3) is 0 Å². The number of aliphatic hydroxyl groups is 1. The average Bonchev–Trinajstić information content (AvgIpc) is 2.06. The van der Waals surface area contributed by atoms with E-state index in [4.69, 9.17) is 0 Å². The first-order valence-corrected chi connectivity index (χ1v) is 4.79. The third-order valence-corrected chi connectivity index (χ3v) is 3.16.